The van der Waals surface area contributed by atoms with Gasteiger partial charge in [-0.15, -0.1) is 0 Å². The Hall–Kier alpha value is -2.60. The molecule has 3 aromatic rings. The molecule has 0 saturated carbocycles. The lowest BCUT2D eigenvalue weighted by atomic mass is 10.0. The third kappa shape index (κ3) is 4.28. The van der Waals surface area contributed by atoms with E-state index in [0.29, 0.717) is 28.4 Å². The van der Waals surface area contributed by atoms with E-state index in [2.05, 4.69) is 24.1 Å². The van der Waals surface area contributed by atoms with Crippen LogP contribution < -0.4 is 10.9 Å². The van der Waals surface area contributed by atoms with Crippen molar-refractivity contribution in [3.8, 4) is 0 Å². The fourth-order valence-electron chi connectivity index (χ4n) is 2.93. The number of carbonyl (C=O) groups excluding carboxylic acids is 1. The molecule has 28 heavy (non-hydrogen) atoms. The summed E-state index contributed by atoms with van der Waals surface area (Å²) in [5, 5.41) is 3.76. The van der Waals surface area contributed by atoms with Crippen LogP contribution in [0.3, 0.4) is 0 Å². The maximum absolute atomic E-state index is 12.8. The van der Waals surface area contributed by atoms with Gasteiger partial charge in [0, 0.05) is 12.7 Å². The third-order valence-electron chi connectivity index (χ3n) is 4.70. The summed E-state index contributed by atoms with van der Waals surface area (Å²) >= 11 is 1.32. The van der Waals surface area contributed by atoms with Crippen LogP contribution in [0.15, 0.2) is 58.5 Å². The Kier molecular flexibility index (Phi) is 6.19. The fourth-order valence-corrected chi connectivity index (χ4v) is 3.91. The zero-order valence-electron chi connectivity index (χ0n) is 16.6. The molecule has 146 valence electrons. The van der Waals surface area contributed by atoms with Crippen molar-refractivity contribution in [1.82, 2.24) is 9.55 Å². The Labute approximate surface area is 169 Å². The Morgan fingerprint density at radius 3 is 2.46 bits per heavy atom. The topological polar surface area (TPSA) is 64.0 Å². The lowest BCUT2D eigenvalue weighted by Gasteiger charge is -2.16. The summed E-state index contributed by atoms with van der Waals surface area (Å²) in [6, 6.07) is 15.2. The van der Waals surface area contributed by atoms with E-state index in [1.165, 1.54) is 21.9 Å². The van der Waals surface area contributed by atoms with Gasteiger partial charge in [0.05, 0.1) is 16.2 Å². The van der Waals surface area contributed by atoms with Gasteiger partial charge >= 0.3 is 0 Å². The normalized spacial score (nSPS) is 12.3. The minimum Gasteiger partial charge on any atom is -0.325 e. The van der Waals surface area contributed by atoms with E-state index >= 15 is 0 Å². The van der Waals surface area contributed by atoms with Crippen LogP contribution in [0.25, 0.3) is 10.9 Å². The molecule has 1 heterocycles. The molecule has 1 unspecified atom stereocenters. The molecule has 1 N–H and O–H groups in total. The number of nitrogens with one attached hydrogen (secondary N) is 1. The molecule has 0 aliphatic heterocycles. The predicted molar refractivity (Wildman–Crippen MR) is 116 cm³/mol. The molecule has 0 radical (unpaired) electrons. The summed E-state index contributed by atoms with van der Waals surface area (Å²) in [5.41, 5.74) is 2.55. The van der Waals surface area contributed by atoms with Gasteiger partial charge in [0.1, 0.15) is 0 Å². The number of nitrogens with zero attached hydrogens (tertiary/aromatic N) is 2. The van der Waals surface area contributed by atoms with Crippen LogP contribution in [0.2, 0.25) is 0 Å². The number of carbonyl (C=O) groups is 1. The molecular formula is C22H25N3O2S. The van der Waals surface area contributed by atoms with Gasteiger partial charge in [-0.1, -0.05) is 56.8 Å². The smallest absolute Gasteiger partial charge is 0.261 e. The van der Waals surface area contributed by atoms with Crippen molar-refractivity contribution in [2.24, 2.45) is 7.05 Å². The van der Waals surface area contributed by atoms with Gasteiger partial charge in [0.25, 0.3) is 5.56 Å². The average molecular weight is 396 g/mol. The van der Waals surface area contributed by atoms with Gasteiger partial charge in [0.15, 0.2) is 5.16 Å². The minimum atomic E-state index is -0.343. The molecule has 1 aromatic heterocycles. The molecule has 5 nitrogen and oxygen atoms in total. The Balaban J connectivity index is 1.80. The largest absolute Gasteiger partial charge is 0.325 e. The van der Waals surface area contributed by atoms with Crippen molar-refractivity contribution < 1.29 is 4.79 Å². The van der Waals surface area contributed by atoms with Crippen LogP contribution in [0.1, 0.15) is 38.7 Å². The van der Waals surface area contributed by atoms with Crippen LogP contribution in [-0.2, 0) is 11.8 Å². The quantitative estimate of drug-likeness (QED) is 0.491. The second-order valence-electron chi connectivity index (χ2n) is 7.06. The van der Waals surface area contributed by atoms with Crippen molar-refractivity contribution >= 4 is 34.3 Å². The standard InChI is InChI=1S/C22H25N3O2S/c1-5-19(20(26)23-16-12-10-15(11-13-16)14(2)3)28-22-24-18-9-7-6-8-17(18)21(27)25(22)4/h6-14,19H,5H2,1-4H3,(H,23,26). The maximum Gasteiger partial charge on any atom is 0.261 e. The van der Waals surface area contributed by atoms with Crippen LogP contribution >= 0.6 is 11.8 Å². The maximum atomic E-state index is 12.8. The predicted octanol–water partition coefficient (Wildman–Crippen LogP) is 4.57. The van der Waals surface area contributed by atoms with Crippen LogP contribution in [-0.4, -0.2) is 20.7 Å². The number of benzene rings is 2. The SMILES string of the molecule is CCC(Sc1nc2ccccc2c(=O)n1C)C(=O)Nc1ccc(C(C)C)cc1. The molecule has 0 aliphatic carbocycles. The van der Waals surface area contributed by atoms with Crippen molar-refractivity contribution in [1.29, 1.82) is 0 Å². The molecule has 0 spiro atoms. The van der Waals surface area contributed by atoms with E-state index in [9.17, 15) is 9.59 Å². The first-order chi connectivity index (χ1) is 13.4. The highest BCUT2D eigenvalue weighted by molar-refractivity contribution is 8.00. The Bertz CT molecular complexity index is 1040. The number of thioether (sulfide) groups is 1. The highest BCUT2D eigenvalue weighted by Crippen LogP contribution is 2.25. The lowest BCUT2D eigenvalue weighted by Crippen LogP contribution is -2.27. The molecule has 1 atom stereocenters. The number of hydrogen-bond acceptors (Lipinski definition) is 4. The van der Waals surface area contributed by atoms with Gasteiger partial charge in [-0.3, -0.25) is 14.2 Å². The van der Waals surface area contributed by atoms with Gasteiger partial charge in [0.2, 0.25) is 5.91 Å². The van der Waals surface area contributed by atoms with E-state index in [4.69, 9.17) is 0 Å². The molecule has 0 saturated heterocycles. The Morgan fingerprint density at radius 1 is 1.14 bits per heavy atom. The average Bonchev–Trinajstić information content (AvgIpc) is 2.70. The monoisotopic (exact) mass is 395 g/mol. The van der Waals surface area contributed by atoms with Crippen LogP contribution in [0.4, 0.5) is 5.69 Å². The zero-order valence-corrected chi connectivity index (χ0v) is 17.4. The summed E-state index contributed by atoms with van der Waals surface area (Å²) in [5.74, 6) is 0.358. The van der Waals surface area contributed by atoms with E-state index in [1.54, 1.807) is 13.1 Å². The first-order valence-corrected chi connectivity index (χ1v) is 10.3. The van der Waals surface area contributed by atoms with Gasteiger partial charge in [-0.05, 0) is 42.2 Å². The fraction of sp³-hybridized carbons (Fsp3) is 0.318. The number of rotatable bonds is 6. The number of anilines is 1. The number of hydrogen-bond donors (Lipinski definition) is 1. The van der Waals surface area contributed by atoms with Gasteiger partial charge in [-0.25, -0.2) is 4.98 Å². The Morgan fingerprint density at radius 2 is 1.82 bits per heavy atom. The van der Waals surface area contributed by atoms with E-state index in [-0.39, 0.29) is 16.7 Å². The number of aromatic nitrogens is 2. The highest BCUT2D eigenvalue weighted by atomic mass is 32.2. The minimum absolute atomic E-state index is 0.0906. The van der Waals surface area contributed by atoms with Crippen LogP contribution in [0.5, 0.6) is 0 Å². The molecular weight excluding hydrogens is 370 g/mol. The molecule has 6 heteroatoms. The molecule has 2 aromatic carbocycles. The van der Waals surface area contributed by atoms with Gasteiger partial charge < -0.3 is 5.32 Å². The molecule has 0 bridgehead atoms. The molecule has 1 amide bonds. The number of amides is 1. The summed E-state index contributed by atoms with van der Waals surface area (Å²) < 4.78 is 1.51. The lowest BCUT2D eigenvalue weighted by molar-refractivity contribution is -0.115. The van der Waals surface area contributed by atoms with Gasteiger partial charge in [-0.2, -0.15) is 0 Å². The second-order valence-corrected chi connectivity index (χ2v) is 8.23. The molecule has 0 fully saturated rings. The van der Waals surface area contributed by atoms with Crippen molar-refractivity contribution in [3.05, 3.63) is 64.4 Å². The van der Waals surface area contributed by atoms with Crippen molar-refractivity contribution in [2.45, 2.75) is 43.5 Å². The first kappa shape index (κ1) is 20.1. The van der Waals surface area contributed by atoms with Crippen LogP contribution in [0, 0.1) is 0 Å². The number of fused-ring (bicyclic) bond motifs is 1. The van der Waals surface area contributed by atoms with Crippen molar-refractivity contribution in [3.63, 3.8) is 0 Å². The highest BCUT2D eigenvalue weighted by Gasteiger charge is 2.21. The van der Waals surface area contributed by atoms with E-state index in [1.807, 2.05) is 49.4 Å². The third-order valence-corrected chi connectivity index (χ3v) is 6.11. The summed E-state index contributed by atoms with van der Waals surface area (Å²) in [6.45, 7) is 6.23. The summed E-state index contributed by atoms with van der Waals surface area (Å²) in [4.78, 5) is 29.9. The summed E-state index contributed by atoms with van der Waals surface area (Å²) in [7, 11) is 1.69. The number of para-hydroxylation sites is 1. The zero-order chi connectivity index (χ0) is 20.3. The molecule has 3 rings (SSSR count). The second kappa shape index (κ2) is 8.61. The van der Waals surface area contributed by atoms with E-state index in [0.717, 1.165) is 5.69 Å². The van der Waals surface area contributed by atoms with E-state index < -0.39 is 0 Å². The van der Waals surface area contributed by atoms with Crippen molar-refractivity contribution in [2.75, 3.05) is 5.32 Å². The molecule has 0 aliphatic rings. The summed E-state index contributed by atoms with van der Waals surface area (Å²) in [6.07, 6.45) is 0.628. The first-order valence-electron chi connectivity index (χ1n) is 9.44.